The average Bonchev–Trinajstić information content (AvgIpc) is 2.19. The van der Waals surface area contributed by atoms with Gasteiger partial charge in [0.05, 0.1) is 0 Å². The smallest absolute Gasteiger partial charge is 0.00126 e. The Bertz CT molecular complexity index is 124. The summed E-state index contributed by atoms with van der Waals surface area (Å²) in [4.78, 5) is 0. The second kappa shape index (κ2) is 6.68. The Hall–Kier alpha value is 0.270. The normalized spacial score (nSPS) is 25.8. The van der Waals surface area contributed by atoms with Crippen LogP contribution in [0, 0.1) is 11.8 Å². The topological polar surface area (TPSA) is 38.0 Å². The summed E-state index contributed by atoms with van der Waals surface area (Å²) in [6.45, 7) is 5.51. The first-order chi connectivity index (χ1) is 6.33. The first-order valence-electron chi connectivity index (χ1n) is 5.31. The highest BCUT2D eigenvalue weighted by Gasteiger charge is 2.12. The van der Waals surface area contributed by atoms with E-state index in [1.807, 2.05) is 0 Å². The molecule has 1 saturated heterocycles. The molecular formula is C10H22N2S. The summed E-state index contributed by atoms with van der Waals surface area (Å²) >= 11 is 2.07. The molecule has 2 atom stereocenters. The molecule has 2 unspecified atom stereocenters. The molecule has 1 heterocycles. The Kier molecular flexibility index (Phi) is 5.83. The molecule has 3 heteroatoms. The lowest BCUT2D eigenvalue weighted by Crippen LogP contribution is -2.31. The molecule has 1 rings (SSSR count). The minimum atomic E-state index is 0.682. The quantitative estimate of drug-likeness (QED) is 0.706. The van der Waals surface area contributed by atoms with Crippen molar-refractivity contribution in [1.82, 2.24) is 5.32 Å². The van der Waals surface area contributed by atoms with Crippen LogP contribution in [0.25, 0.3) is 0 Å². The van der Waals surface area contributed by atoms with Gasteiger partial charge in [-0.15, -0.1) is 0 Å². The van der Waals surface area contributed by atoms with E-state index in [-0.39, 0.29) is 0 Å². The SMILES string of the molecule is CC(CN)CSCC1CCCNC1. The lowest BCUT2D eigenvalue weighted by molar-refractivity contribution is 0.410. The minimum Gasteiger partial charge on any atom is -0.330 e. The van der Waals surface area contributed by atoms with Crippen LogP contribution in [0.2, 0.25) is 0 Å². The number of nitrogens with two attached hydrogens (primary N) is 1. The Morgan fingerprint density at radius 2 is 2.46 bits per heavy atom. The van der Waals surface area contributed by atoms with Crippen LogP contribution in [0.1, 0.15) is 19.8 Å². The van der Waals surface area contributed by atoms with Crippen molar-refractivity contribution in [3.63, 3.8) is 0 Å². The molecule has 78 valence electrons. The molecule has 2 nitrogen and oxygen atoms in total. The van der Waals surface area contributed by atoms with E-state index in [1.165, 1.54) is 37.4 Å². The number of hydrogen-bond acceptors (Lipinski definition) is 3. The largest absolute Gasteiger partial charge is 0.330 e. The van der Waals surface area contributed by atoms with E-state index in [4.69, 9.17) is 5.73 Å². The monoisotopic (exact) mass is 202 g/mol. The molecule has 13 heavy (non-hydrogen) atoms. The summed E-state index contributed by atoms with van der Waals surface area (Å²) in [6.07, 6.45) is 2.77. The summed E-state index contributed by atoms with van der Waals surface area (Å²) in [5.41, 5.74) is 5.57. The average molecular weight is 202 g/mol. The predicted molar refractivity (Wildman–Crippen MR) is 61.1 cm³/mol. The highest BCUT2D eigenvalue weighted by molar-refractivity contribution is 7.99. The maximum Gasteiger partial charge on any atom is -0.00126 e. The molecule has 1 aliphatic heterocycles. The van der Waals surface area contributed by atoms with Crippen LogP contribution in [0.4, 0.5) is 0 Å². The van der Waals surface area contributed by atoms with Crippen molar-refractivity contribution in [1.29, 1.82) is 0 Å². The van der Waals surface area contributed by atoms with Gasteiger partial charge in [-0.05, 0) is 55.8 Å². The van der Waals surface area contributed by atoms with E-state index in [1.54, 1.807) is 0 Å². The van der Waals surface area contributed by atoms with Gasteiger partial charge in [0.2, 0.25) is 0 Å². The van der Waals surface area contributed by atoms with Crippen LogP contribution in [-0.4, -0.2) is 31.1 Å². The second-order valence-corrected chi connectivity index (χ2v) is 5.17. The summed E-state index contributed by atoms with van der Waals surface area (Å²) in [6, 6.07) is 0. The zero-order valence-electron chi connectivity index (χ0n) is 8.59. The third kappa shape index (κ3) is 4.89. The second-order valence-electron chi connectivity index (χ2n) is 4.09. The minimum absolute atomic E-state index is 0.682. The molecule has 0 amide bonds. The predicted octanol–water partition coefficient (Wildman–Crippen LogP) is 1.31. The van der Waals surface area contributed by atoms with Gasteiger partial charge >= 0.3 is 0 Å². The van der Waals surface area contributed by atoms with E-state index in [9.17, 15) is 0 Å². The van der Waals surface area contributed by atoms with E-state index in [2.05, 4.69) is 24.0 Å². The third-order valence-corrected chi connectivity index (χ3v) is 4.07. The van der Waals surface area contributed by atoms with Crippen molar-refractivity contribution in [2.45, 2.75) is 19.8 Å². The number of hydrogen-bond donors (Lipinski definition) is 2. The van der Waals surface area contributed by atoms with E-state index in [0.29, 0.717) is 5.92 Å². The van der Waals surface area contributed by atoms with Gasteiger partial charge in [-0.2, -0.15) is 11.8 Å². The van der Waals surface area contributed by atoms with Gasteiger partial charge in [0.25, 0.3) is 0 Å². The number of piperidine rings is 1. The molecule has 0 aromatic heterocycles. The molecule has 0 aromatic rings. The van der Waals surface area contributed by atoms with Crippen molar-refractivity contribution >= 4 is 11.8 Å². The Morgan fingerprint density at radius 3 is 3.08 bits per heavy atom. The van der Waals surface area contributed by atoms with Crippen molar-refractivity contribution in [3.05, 3.63) is 0 Å². The number of rotatable bonds is 5. The fraction of sp³-hybridized carbons (Fsp3) is 1.00. The van der Waals surface area contributed by atoms with Gasteiger partial charge in [-0.25, -0.2) is 0 Å². The molecule has 0 aromatic carbocycles. The van der Waals surface area contributed by atoms with Gasteiger partial charge < -0.3 is 11.1 Å². The van der Waals surface area contributed by atoms with E-state index in [0.717, 1.165) is 12.5 Å². The van der Waals surface area contributed by atoms with Gasteiger partial charge in [-0.1, -0.05) is 6.92 Å². The van der Waals surface area contributed by atoms with Gasteiger partial charge in [0.15, 0.2) is 0 Å². The molecule has 1 aliphatic rings. The molecule has 0 radical (unpaired) electrons. The molecule has 0 aliphatic carbocycles. The van der Waals surface area contributed by atoms with Crippen LogP contribution in [-0.2, 0) is 0 Å². The number of thioether (sulfide) groups is 1. The van der Waals surface area contributed by atoms with Crippen LogP contribution in [0.3, 0.4) is 0 Å². The van der Waals surface area contributed by atoms with Crippen LogP contribution < -0.4 is 11.1 Å². The lowest BCUT2D eigenvalue weighted by Gasteiger charge is -2.22. The maximum absolute atomic E-state index is 5.57. The Labute approximate surface area is 86.0 Å². The molecule has 1 fully saturated rings. The van der Waals surface area contributed by atoms with Crippen molar-refractivity contribution in [2.75, 3.05) is 31.1 Å². The van der Waals surface area contributed by atoms with Crippen LogP contribution in [0.5, 0.6) is 0 Å². The molecule has 0 saturated carbocycles. The highest BCUT2D eigenvalue weighted by atomic mass is 32.2. The fourth-order valence-corrected chi connectivity index (χ4v) is 2.86. The number of nitrogens with one attached hydrogen (secondary N) is 1. The van der Waals surface area contributed by atoms with Crippen molar-refractivity contribution in [3.8, 4) is 0 Å². The lowest BCUT2D eigenvalue weighted by atomic mass is 10.0. The van der Waals surface area contributed by atoms with E-state index >= 15 is 0 Å². The summed E-state index contributed by atoms with van der Waals surface area (Å²) in [7, 11) is 0. The molecule has 3 N–H and O–H groups in total. The summed E-state index contributed by atoms with van der Waals surface area (Å²) in [5, 5.41) is 3.45. The zero-order valence-corrected chi connectivity index (χ0v) is 9.41. The van der Waals surface area contributed by atoms with Gasteiger partial charge in [0, 0.05) is 0 Å². The summed E-state index contributed by atoms with van der Waals surface area (Å²) in [5.74, 6) is 4.13. The molecule has 0 spiro atoms. The van der Waals surface area contributed by atoms with Crippen LogP contribution >= 0.6 is 11.8 Å². The standard InChI is InChI=1S/C10H22N2S/c1-9(5-11)7-13-8-10-3-2-4-12-6-10/h9-10,12H,2-8,11H2,1H3. The van der Waals surface area contributed by atoms with Crippen molar-refractivity contribution in [2.24, 2.45) is 17.6 Å². The third-order valence-electron chi connectivity index (χ3n) is 2.56. The van der Waals surface area contributed by atoms with Gasteiger partial charge in [0.1, 0.15) is 0 Å². The zero-order chi connectivity index (χ0) is 9.52. The fourth-order valence-electron chi connectivity index (χ4n) is 1.57. The molecular weight excluding hydrogens is 180 g/mol. The maximum atomic E-state index is 5.57. The van der Waals surface area contributed by atoms with Gasteiger partial charge in [-0.3, -0.25) is 0 Å². The first kappa shape index (κ1) is 11.3. The highest BCUT2D eigenvalue weighted by Crippen LogP contribution is 2.17. The van der Waals surface area contributed by atoms with Crippen LogP contribution in [0.15, 0.2) is 0 Å². The Morgan fingerprint density at radius 1 is 1.62 bits per heavy atom. The first-order valence-corrected chi connectivity index (χ1v) is 6.47. The van der Waals surface area contributed by atoms with E-state index < -0.39 is 0 Å². The Balaban J connectivity index is 1.98. The van der Waals surface area contributed by atoms with Crippen molar-refractivity contribution < 1.29 is 0 Å². The summed E-state index contributed by atoms with van der Waals surface area (Å²) < 4.78 is 0. The molecule has 0 bridgehead atoms.